The monoisotopic (exact) mass is 1210 g/mol. The van der Waals surface area contributed by atoms with Crippen LogP contribution in [0.15, 0.2) is 303 Å². The van der Waals surface area contributed by atoms with E-state index in [2.05, 4.69) is 332 Å². The fourth-order valence-electron chi connectivity index (χ4n) is 19.1. The summed E-state index contributed by atoms with van der Waals surface area (Å²) < 4.78 is 2.52. The van der Waals surface area contributed by atoms with Crippen LogP contribution in [0.4, 0.5) is 73.9 Å². The van der Waals surface area contributed by atoms with Gasteiger partial charge in [0.2, 0.25) is 0 Å². The highest BCUT2D eigenvalue weighted by molar-refractivity contribution is 7.03. The van der Waals surface area contributed by atoms with Gasteiger partial charge in [0.15, 0.2) is 0 Å². The Kier molecular flexibility index (Phi) is 11.6. The lowest BCUT2D eigenvalue weighted by atomic mass is 9.30. The maximum absolute atomic E-state index is 2.93. The summed E-state index contributed by atoms with van der Waals surface area (Å²) in [5, 5.41) is 2.48. The molecule has 0 radical (unpaired) electrons. The minimum atomic E-state index is -0.152. The standard InChI is InChI=1S/C87H64B2N6/c1-6-25-58(26-7-1)67-37-24-38-68(59-27-8-2-9-28-59)87(67)95-80-55-79-73(54-74(80)89-72-40-19-23-44-78(72)91(60-29-10-3-11-30-60)81-50-65(51-84(95)86(81)89)90-63-46-56-45-57(48-63)49-64(90)47-56)88-71-39-18-22-43-77(71)92(61-31-12-4-13-32-61)82-52-66(53-83(85(82)88)93(79)62-33-14-5-15-34-62)94-75-41-20-16-35-69(75)70-36-17-21-42-76(70)94/h1-44,50-57,63-64H,45-49H2. The predicted octanol–water partition coefficient (Wildman–Crippen LogP) is 18.1. The SMILES string of the molecule is c1ccc(-c2cccc(-c3ccccc3)c2N2c3cc4c(cc3B3c5ccccc5N(c5ccccc5)c5cc(N6C7CC8CC(C7)CC6C8)cc2c53)B2c3ccccc3N(c3ccccc3)c3cc(-n5c6ccccc6c6ccccc65)cc(c32)N4c2ccccc2)cc1. The third-order valence-electron chi connectivity index (χ3n) is 22.5. The first-order valence-electron chi connectivity index (χ1n) is 34.2. The second-order valence-electron chi connectivity index (χ2n) is 27.5. The first-order valence-corrected chi connectivity index (χ1v) is 34.2. The molecule has 4 fully saturated rings. The summed E-state index contributed by atoms with van der Waals surface area (Å²) in [5.74, 6) is 1.62. The normalized spacial score (nSPS) is 18.2. The Bertz CT molecular complexity index is 5310. The molecule has 13 aromatic carbocycles. The second-order valence-corrected chi connectivity index (χ2v) is 27.5. The molecule has 0 atom stereocenters. The zero-order chi connectivity index (χ0) is 62.0. The van der Waals surface area contributed by atoms with Gasteiger partial charge in [0.05, 0.1) is 22.4 Å². The molecule has 8 aliphatic rings. The summed E-state index contributed by atoms with van der Waals surface area (Å²) in [6, 6.07) is 116. The minimum absolute atomic E-state index is 0.136. The third kappa shape index (κ3) is 7.82. The molecule has 0 spiro atoms. The zero-order valence-corrected chi connectivity index (χ0v) is 52.6. The van der Waals surface area contributed by atoms with Gasteiger partial charge in [-0.2, -0.15) is 0 Å². The molecule has 2 saturated carbocycles. The highest BCUT2D eigenvalue weighted by Crippen LogP contribution is 2.56. The summed E-state index contributed by atoms with van der Waals surface area (Å²) in [5.41, 5.74) is 31.5. The number of fused-ring (bicyclic) bond motifs is 11. The fraction of sp³-hybridized carbons (Fsp3) is 0.103. The van der Waals surface area contributed by atoms with Crippen LogP contribution in [-0.2, 0) is 0 Å². The van der Waals surface area contributed by atoms with Crippen LogP contribution in [0.3, 0.4) is 0 Å². The Morgan fingerprint density at radius 1 is 0.263 bits per heavy atom. The minimum Gasteiger partial charge on any atom is -0.365 e. The van der Waals surface area contributed by atoms with E-state index in [1.165, 1.54) is 166 Å². The second kappa shape index (κ2) is 20.6. The lowest BCUT2D eigenvalue weighted by Crippen LogP contribution is -2.65. The molecule has 4 bridgehead atoms. The summed E-state index contributed by atoms with van der Waals surface area (Å²) in [6.07, 6.45) is 6.47. The molecule has 448 valence electrons. The molecule has 1 aromatic heterocycles. The van der Waals surface area contributed by atoms with Gasteiger partial charge in [0.1, 0.15) is 0 Å². The van der Waals surface area contributed by atoms with Crippen LogP contribution in [0.25, 0.3) is 49.7 Å². The molecule has 6 aliphatic heterocycles. The van der Waals surface area contributed by atoms with Crippen molar-refractivity contribution in [3.8, 4) is 27.9 Å². The van der Waals surface area contributed by atoms with E-state index < -0.39 is 0 Å². The molecule has 95 heavy (non-hydrogen) atoms. The van der Waals surface area contributed by atoms with Crippen LogP contribution < -0.4 is 57.3 Å². The smallest absolute Gasteiger partial charge is 0.252 e. The molecular weight excluding hydrogens is 1150 g/mol. The van der Waals surface area contributed by atoms with Gasteiger partial charge in [0, 0.05) is 102 Å². The van der Waals surface area contributed by atoms with Crippen molar-refractivity contribution in [1.29, 1.82) is 0 Å². The summed E-state index contributed by atoms with van der Waals surface area (Å²) in [7, 11) is 0. The maximum Gasteiger partial charge on any atom is 0.252 e. The van der Waals surface area contributed by atoms with Crippen molar-refractivity contribution in [2.75, 3.05) is 24.5 Å². The van der Waals surface area contributed by atoms with Crippen molar-refractivity contribution in [2.24, 2.45) is 11.8 Å². The lowest BCUT2D eigenvalue weighted by molar-refractivity contribution is 0.0900. The van der Waals surface area contributed by atoms with E-state index in [0.717, 1.165) is 34.6 Å². The van der Waals surface area contributed by atoms with Gasteiger partial charge in [0.25, 0.3) is 13.4 Å². The summed E-state index contributed by atoms with van der Waals surface area (Å²) in [6.45, 7) is -0.288. The third-order valence-corrected chi connectivity index (χ3v) is 22.5. The van der Waals surface area contributed by atoms with E-state index in [4.69, 9.17) is 0 Å². The number of piperidine rings is 2. The molecular formula is C87H64B2N6. The number of para-hydroxylation sites is 8. The molecule has 14 aromatic rings. The van der Waals surface area contributed by atoms with Crippen molar-refractivity contribution >= 4 is 142 Å². The van der Waals surface area contributed by atoms with E-state index in [9.17, 15) is 0 Å². The first kappa shape index (κ1) is 53.3. The van der Waals surface area contributed by atoms with Crippen molar-refractivity contribution in [3.63, 3.8) is 0 Å². The highest BCUT2D eigenvalue weighted by Gasteiger charge is 2.51. The molecule has 2 aliphatic carbocycles. The van der Waals surface area contributed by atoms with Crippen molar-refractivity contribution in [2.45, 2.75) is 44.2 Å². The van der Waals surface area contributed by atoms with Gasteiger partial charge in [-0.15, -0.1) is 0 Å². The Hall–Kier alpha value is -11.2. The van der Waals surface area contributed by atoms with Crippen molar-refractivity contribution in [3.05, 3.63) is 303 Å². The Morgan fingerprint density at radius 2 is 0.642 bits per heavy atom. The largest absolute Gasteiger partial charge is 0.365 e. The zero-order valence-electron chi connectivity index (χ0n) is 52.6. The predicted molar refractivity (Wildman–Crippen MR) is 400 cm³/mol. The molecule has 0 N–H and O–H groups in total. The Labute approximate surface area is 555 Å². The van der Waals surface area contributed by atoms with Crippen LogP contribution in [0.1, 0.15) is 32.1 Å². The molecule has 0 unspecified atom stereocenters. The van der Waals surface area contributed by atoms with E-state index >= 15 is 0 Å². The number of hydrogen-bond acceptors (Lipinski definition) is 5. The van der Waals surface area contributed by atoms with Gasteiger partial charge in [-0.1, -0.05) is 212 Å². The van der Waals surface area contributed by atoms with Crippen molar-refractivity contribution < 1.29 is 0 Å². The first-order chi connectivity index (χ1) is 47.1. The summed E-state index contributed by atoms with van der Waals surface area (Å²) >= 11 is 0. The van der Waals surface area contributed by atoms with Crippen LogP contribution in [0, 0.1) is 11.8 Å². The molecule has 2 saturated heterocycles. The quantitative estimate of drug-likeness (QED) is 0.141. The lowest BCUT2D eigenvalue weighted by Gasteiger charge is -2.58. The Balaban J connectivity index is 0.916. The fourth-order valence-corrected chi connectivity index (χ4v) is 19.1. The van der Waals surface area contributed by atoms with Gasteiger partial charge < -0.3 is 29.1 Å². The van der Waals surface area contributed by atoms with Crippen LogP contribution in [0.2, 0.25) is 0 Å². The van der Waals surface area contributed by atoms with E-state index in [0.29, 0.717) is 12.1 Å². The Morgan fingerprint density at radius 3 is 1.12 bits per heavy atom. The molecule has 6 nitrogen and oxygen atoms in total. The topological polar surface area (TPSA) is 21.1 Å². The van der Waals surface area contributed by atoms with E-state index in [-0.39, 0.29) is 13.4 Å². The molecule has 0 amide bonds. The van der Waals surface area contributed by atoms with Crippen LogP contribution in [0.5, 0.6) is 0 Å². The average Bonchev–Trinajstić information content (AvgIpc) is 0.847. The summed E-state index contributed by atoms with van der Waals surface area (Å²) in [4.78, 5) is 13.5. The maximum atomic E-state index is 2.93. The molecule has 7 heterocycles. The van der Waals surface area contributed by atoms with Gasteiger partial charge in [-0.25, -0.2) is 0 Å². The number of benzene rings is 13. The van der Waals surface area contributed by atoms with Gasteiger partial charge >= 0.3 is 0 Å². The number of anilines is 13. The highest BCUT2D eigenvalue weighted by atomic mass is 15.2. The molecule has 22 rings (SSSR count). The average molecular weight is 1220 g/mol. The van der Waals surface area contributed by atoms with E-state index in [1.807, 2.05) is 0 Å². The van der Waals surface area contributed by atoms with E-state index in [1.54, 1.807) is 0 Å². The number of rotatable bonds is 8. The number of nitrogens with zero attached hydrogens (tertiary/aromatic N) is 6. The number of aromatic nitrogens is 1. The van der Waals surface area contributed by atoms with Crippen LogP contribution >= 0.6 is 0 Å². The van der Waals surface area contributed by atoms with Gasteiger partial charge in [-0.3, -0.25) is 0 Å². The number of hydrogen-bond donors (Lipinski definition) is 0. The van der Waals surface area contributed by atoms with Gasteiger partial charge in [-0.05, 0) is 179 Å². The van der Waals surface area contributed by atoms with Crippen LogP contribution in [-0.4, -0.2) is 30.1 Å². The van der Waals surface area contributed by atoms with Crippen molar-refractivity contribution in [1.82, 2.24) is 4.57 Å². The molecule has 8 heteroatoms.